The van der Waals surface area contributed by atoms with Crippen molar-refractivity contribution in [2.45, 2.75) is 13.0 Å². The molecule has 1 nitrogen and oxygen atoms in total. The maximum Gasteiger partial charge on any atom is 0.259 e. The van der Waals surface area contributed by atoms with Crippen LogP contribution < -0.4 is 4.43 Å². The third-order valence-corrected chi connectivity index (χ3v) is 4.80. The second-order valence-electron chi connectivity index (χ2n) is 4.16. The molecule has 0 bridgehead atoms. The Bertz CT molecular complexity index is 508. The Morgan fingerprint density at radius 1 is 1.06 bits per heavy atom. The molecule has 92 valence electrons. The van der Waals surface area contributed by atoms with Crippen LogP contribution in [0.4, 0.5) is 0 Å². The molecule has 0 N–H and O–H groups in total. The molecule has 0 heterocycles. The van der Waals surface area contributed by atoms with Crippen molar-refractivity contribution in [3.63, 3.8) is 0 Å². The van der Waals surface area contributed by atoms with Crippen LogP contribution in [0.15, 0.2) is 66.9 Å². The highest BCUT2D eigenvalue weighted by molar-refractivity contribution is 6.58. The van der Waals surface area contributed by atoms with Crippen molar-refractivity contribution < 1.29 is 4.43 Å². The Hall–Kier alpha value is -1.80. The normalized spacial score (nSPS) is 11.8. The van der Waals surface area contributed by atoms with Gasteiger partial charge in [-0.15, -0.1) is 6.58 Å². The predicted octanol–water partition coefficient (Wildman–Crippen LogP) is 4.20. The van der Waals surface area contributed by atoms with Gasteiger partial charge in [-0.05, 0) is 17.7 Å². The van der Waals surface area contributed by atoms with Gasteiger partial charge in [-0.1, -0.05) is 61.2 Å². The fourth-order valence-corrected chi connectivity index (χ4v) is 3.01. The molecule has 0 aliphatic rings. The Balaban J connectivity index is 2.34. The Morgan fingerprint density at radius 2 is 1.72 bits per heavy atom. The lowest BCUT2D eigenvalue weighted by Gasteiger charge is -2.16. The zero-order valence-corrected chi connectivity index (χ0v) is 11.8. The monoisotopic (exact) mass is 254 g/mol. The van der Waals surface area contributed by atoms with Crippen LogP contribution in [-0.4, -0.2) is 9.04 Å². The van der Waals surface area contributed by atoms with Gasteiger partial charge in [0.1, 0.15) is 5.75 Å². The molecule has 1 unspecified atom stereocenters. The highest BCUT2D eigenvalue weighted by atomic mass is 28.3. The van der Waals surface area contributed by atoms with Crippen molar-refractivity contribution in [1.82, 2.24) is 0 Å². The van der Waals surface area contributed by atoms with E-state index in [4.69, 9.17) is 4.43 Å². The third kappa shape index (κ3) is 2.90. The van der Waals surface area contributed by atoms with E-state index in [1.165, 1.54) is 5.56 Å². The van der Waals surface area contributed by atoms with E-state index >= 15 is 0 Å². The lowest BCUT2D eigenvalue weighted by molar-refractivity contribution is 0.581. The lowest BCUT2D eigenvalue weighted by Crippen LogP contribution is -2.17. The van der Waals surface area contributed by atoms with Gasteiger partial charge in [-0.2, -0.15) is 0 Å². The Kier molecular flexibility index (Phi) is 4.37. The standard InChI is InChI=1S/C16H18OSi/c1-3-18(4-2)17-16-13-9-8-12-15(16)14-10-6-5-7-11-14/h3,5-13,18H,1,4H2,2H3. The second kappa shape index (κ2) is 6.22. The van der Waals surface area contributed by atoms with Gasteiger partial charge >= 0.3 is 0 Å². The van der Waals surface area contributed by atoms with Crippen molar-refractivity contribution in [1.29, 1.82) is 0 Å². The first-order chi connectivity index (χ1) is 8.85. The fourth-order valence-electron chi connectivity index (χ4n) is 1.89. The molecule has 2 aromatic carbocycles. The zero-order valence-electron chi connectivity index (χ0n) is 10.7. The van der Waals surface area contributed by atoms with Gasteiger partial charge < -0.3 is 4.43 Å². The molecule has 0 fully saturated rings. The van der Waals surface area contributed by atoms with E-state index in [0.29, 0.717) is 0 Å². The molecule has 2 aromatic rings. The average molecular weight is 254 g/mol. The minimum Gasteiger partial charge on any atom is -0.542 e. The molecule has 18 heavy (non-hydrogen) atoms. The van der Waals surface area contributed by atoms with Crippen molar-refractivity contribution in [2.75, 3.05) is 0 Å². The maximum absolute atomic E-state index is 6.12. The van der Waals surface area contributed by atoms with Crippen LogP contribution >= 0.6 is 0 Å². The first kappa shape index (κ1) is 12.6. The van der Waals surface area contributed by atoms with Gasteiger partial charge in [-0.25, -0.2) is 0 Å². The van der Waals surface area contributed by atoms with E-state index in [-0.39, 0.29) is 0 Å². The number of hydrogen-bond acceptors (Lipinski definition) is 1. The molecule has 1 atom stereocenters. The van der Waals surface area contributed by atoms with Crippen molar-refractivity contribution in [3.8, 4) is 16.9 Å². The highest BCUT2D eigenvalue weighted by Gasteiger charge is 2.10. The summed E-state index contributed by atoms with van der Waals surface area (Å²) in [5, 5.41) is 0. The number of rotatable bonds is 5. The predicted molar refractivity (Wildman–Crippen MR) is 80.3 cm³/mol. The van der Waals surface area contributed by atoms with E-state index < -0.39 is 9.04 Å². The zero-order chi connectivity index (χ0) is 12.8. The lowest BCUT2D eigenvalue weighted by atomic mass is 10.1. The van der Waals surface area contributed by atoms with Crippen LogP contribution in [0.3, 0.4) is 0 Å². The summed E-state index contributed by atoms with van der Waals surface area (Å²) < 4.78 is 6.12. The minimum absolute atomic E-state index is 0.974. The van der Waals surface area contributed by atoms with Gasteiger partial charge in [0.25, 0.3) is 9.04 Å². The summed E-state index contributed by atoms with van der Waals surface area (Å²) in [5.41, 5.74) is 4.34. The maximum atomic E-state index is 6.12. The Morgan fingerprint density at radius 3 is 2.39 bits per heavy atom. The van der Waals surface area contributed by atoms with Crippen LogP contribution in [0.25, 0.3) is 11.1 Å². The van der Waals surface area contributed by atoms with Gasteiger partial charge in [0.2, 0.25) is 0 Å². The Labute approximate surface area is 110 Å². The number of benzene rings is 2. The largest absolute Gasteiger partial charge is 0.542 e. The van der Waals surface area contributed by atoms with E-state index in [9.17, 15) is 0 Å². The van der Waals surface area contributed by atoms with Gasteiger partial charge in [-0.3, -0.25) is 0 Å². The van der Waals surface area contributed by atoms with Crippen molar-refractivity contribution >= 4 is 9.04 Å². The molecule has 0 spiro atoms. The second-order valence-corrected chi connectivity index (χ2v) is 6.76. The molecule has 2 heteroatoms. The third-order valence-electron chi connectivity index (χ3n) is 2.92. The van der Waals surface area contributed by atoms with Crippen LogP contribution in [0, 0.1) is 0 Å². The summed E-state index contributed by atoms with van der Waals surface area (Å²) in [6.07, 6.45) is 0. The summed E-state index contributed by atoms with van der Waals surface area (Å²) in [6.45, 7) is 6.02. The molecule has 0 aromatic heterocycles. The molecular formula is C16H18OSi. The summed E-state index contributed by atoms with van der Waals surface area (Å²) in [7, 11) is -1.31. The average Bonchev–Trinajstić information content (AvgIpc) is 2.46. The summed E-state index contributed by atoms with van der Waals surface area (Å²) >= 11 is 0. The van der Waals surface area contributed by atoms with E-state index in [1.54, 1.807) is 0 Å². The van der Waals surface area contributed by atoms with Gasteiger partial charge in [0.05, 0.1) is 0 Å². The van der Waals surface area contributed by atoms with Crippen LogP contribution in [0.2, 0.25) is 6.04 Å². The summed E-state index contributed by atoms with van der Waals surface area (Å²) in [6, 6.07) is 19.6. The van der Waals surface area contributed by atoms with Crippen molar-refractivity contribution in [3.05, 3.63) is 66.9 Å². The molecule has 2 rings (SSSR count). The SMILES string of the molecule is C=C[SiH](CC)Oc1ccccc1-c1ccccc1. The molecule has 0 saturated heterocycles. The molecule has 0 amide bonds. The van der Waals surface area contributed by atoms with Gasteiger partial charge in [0.15, 0.2) is 0 Å². The highest BCUT2D eigenvalue weighted by Crippen LogP contribution is 2.30. The van der Waals surface area contributed by atoms with E-state index in [0.717, 1.165) is 17.4 Å². The number of para-hydroxylation sites is 1. The fraction of sp³-hybridized carbons (Fsp3) is 0.125. The minimum atomic E-state index is -1.31. The molecule has 0 saturated carbocycles. The van der Waals surface area contributed by atoms with E-state index in [1.807, 2.05) is 42.1 Å². The van der Waals surface area contributed by atoms with Crippen LogP contribution in [-0.2, 0) is 0 Å². The first-order valence-electron chi connectivity index (χ1n) is 6.28. The smallest absolute Gasteiger partial charge is 0.259 e. The molecule has 0 aliphatic carbocycles. The molecule has 0 radical (unpaired) electrons. The summed E-state index contributed by atoms with van der Waals surface area (Å²) in [4.78, 5) is 0. The van der Waals surface area contributed by atoms with E-state index in [2.05, 4.69) is 31.7 Å². The van der Waals surface area contributed by atoms with Crippen LogP contribution in [0.5, 0.6) is 5.75 Å². The van der Waals surface area contributed by atoms with Crippen LogP contribution in [0.1, 0.15) is 6.92 Å². The first-order valence-corrected chi connectivity index (χ1v) is 8.24. The number of hydrogen-bond donors (Lipinski definition) is 0. The summed E-state index contributed by atoms with van der Waals surface area (Å²) in [5.74, 6) is 0.974. The van der Waals surface area contributed by atoms with Crippen molar-refractivity contribution in [2.24, 2.45) is 0 Å². The molecular weight excluding hydrogens is 236 g/mol. The topological polar surface area (TPSA) is 9.23 Å². The van der Waals surface area contributed by atoms with Gasteiger partial charge in [0, 0.05) is 5.56 Å². The quantitative estimate of drug-likeness (QED) is 0.727. The molecule has 0 aliphatic heterocycles.